The van der Waals surface area contributed by atoms with E-state index in [2.05, 4.69) is 0 Å². The Bertz CT molecular complexity index is 895. The maximum absolute atomic E-state index is 13.4. The van der Waals surface area contributed by atoms with Crippen molar-refractivity contribution in [2.75, 3.05) is 4.90 Å². The van der Waals surface area contributed by atoms with Crippen molar-refractivity contribution in [2.24, 2.45) is 0 Å². The molecule has 3 rings (SSSR count). The third-order valence-electron chi connectivity index (χ3n) is 3.29. The third-order valence-corrected chi connectivity index (χ3v) is 4.59. The van der Waals surface area contributed by atoms with Crippen molar-refractivity contribution in [3.05, 3.63) is 70.4 Å². The molecule has 0 bridgehead atoms. The van der Waals surface area contributed by atoms with Crippen molar-refractivity contribution in [2.45, 2.75) is 0 Å². The van der Waals surface area contributed by atoms with E-state index in [1.165, 1.54) is 35.2 Å². The highest BCUT2D eigenvalue weighted by atomic mass is 32.2. The minimum absolute atomic E-state index is 0.129. The highest BCUT2D eigenvalue weighted by Gasteiger charge is 2.33. The number of thioether (sulfide) groups is 1. The summed E-state index contributed by atoms with van der Waals surface area (Å²) in [5, 5.41) is 9.02. The lowest BCUT2D eigenvalue weighted by molar-refractivity contribution is -0.113. The fourth-order valence-electron chi connectivity index (χ4n) is 2.22. The summed E-state index contributed by atoms with van der Waals surface area (Å²) < 4.78 is 13.7. The molecule has 120 valence electrons. The van der Waals surface area contributed by atoms with Crippen LogP contribution in [0.25, 0.3) is 6.08 Å². The normalized spacial score (nSPS) is 16.0. The minimum atomic E-state index is -1.04. The van der Waals surface area contributed by atoms with Gasteiger partial charge in [-0.15, -0.1) is 0 Å². The molecule has 0 radical (unpaired) electrons. The van der Waals surface area contributed by atoms with E-state index in [1.54, 1.807) is 24.3 Å². The number of nitrogens with zero attached hydrogens (tertiary/aromatic N) is 1. The Morgan fingerprint density at radius 2 is 1.96 bits per heavy atom. The molecule has 4 nitrogen and oxygen atoms in total. The summed E-state index contributed by atoms with van der Waals surface area (Å²) in [6.07, 6.45) is 1.57. The van der Waals surface area contributed by atoms with E-state index < -0.39 is 11.8 Å². The smallest absolute Gasteiger partial charge is 0.335 e. The van der Waals surface area contributed by atoms with Crippen molar-refractivity contribution in [3.63, 3.8) is 0 Å². The Morgan fingerprint density at radius 3 is 2.67 bits per heavy atom. The first-order chi connectivity index (χ1) is 11.5. The van der Waals surface area contributed by atoms with Gasteiger partial charge in [-0.25, -0.2) is 9.18 Å². The molecule has 7 heteroatoms. The number of carbonyl (C=O) groups excluding carboxylic acids is 1. The molecular formula is C17H10FNO3S2. The van der Waals surface area contributed by atoms with Crippen LogP contribution >= 0.6 is 24.0 Å². The molecule has 0 aromatic heterocycles. The Hall–Kier alpha value is -2.51. The van der Waals surface area contributed by atoms with Gasteiger partial charge in [0.05, 0.1) is 16.2 Å². The topological polar surface area (TPSA) is 57.6 Å². The van der Waals surface area contributed by atoms with Crippen LogP contribution in [0.3, 0.4) is 0 Å². The standard InChI is InChI=1S/C17H10FNO3S2/c18-12-5-2-6-13(9-12)19-15(20)14(24-17(19)23)8-10-3-1-4-11(7-10)16(21)22/h1-9H,(H,21,22)/b14-8+. The predicted octanol–water partition coefficient (Wildman–Crippen LogP) is 3.93. The van der Waals surface area contributed by atoms with Crippen LogP contribution in [0.2, 0.25) is 0 Å². The molecule has 2 aromatic carbocycles. The van der Waals surface area contributed by atoms with Gasteiger partial charge in [0, 0.05) is 0 Å². The van der Waals surface area contributed by atoms with Gasteiger partial charge in [0.1, 0.15) is 5.82 Å². The summed E-state index contributed by atoms with van der Waals surface area (Å²) >= 11 is 6.30. The highest BCUT2D eigenvalue weighted by molar-refractivity contribution is 8.27. The largest absolute Gasteiger partial charge is 0.478 e. The number of carboxylic acids is 1. The molecule has 2 aromatic rings. The first-order valence-electron chi connectivity index (χ1n) is 6.82. The second kappa shape index (κ2) is 6.54. The van der Waals surface area contributed by atoms with E-state index in [4.69, 9.17) is 17.3 Å². The lowest BCUT2D eigenvalue weighted by atomic mass is 10.1. The molecule has 0 aliphatic carbocycles. The maximum atomic E-state index is 13.4. The third kappa shape index (κ3) is 3.22. The van der Waals surface area contributed by atoms with Gasteiger partial charge in [0.25, 0.3) is 5.91 Å². The molecule has 0 unspecified atom stereocenters. The van der Waals surface area contributed by atoms with Crippen LogP contribution in [0.4, 0.5) is 10.1 Å². The van der Waals surface area contributed by atoms with Crippen molar-refractivity contribution in [3.8, 4) is 0 Å². The monoisotopic (exact) mass is 359 g/mol. The Labute approximate surface area is 146 Å². The zero-order valence-electron chi connectivity index (χ0n) is 12.1. The number of aromatic carboxylic acids is 1. The van der Waals surface area contributed by atoms with E-state index >= 15 is 0 Å². The fourth-order valence-corrected chi connectivity index (χ4v) is 3.52. The number of rotatable bonds is 3. The van der Waals surface area contributed by atoms with E-state index in [-0.39, 0.29) is 11.5 Å². The quantitative estimate of drug-likeness (QED) is 0.665. The summed E-state index contributed by atoms with van der Waals surface area (Å²) in [4.78, 5) is 25.2. The van der Waals surface area contributed by atoms with Crippen LogP contribution in [-0.2, 0) is 4.79 Å². The van der Waals surface area contributed by atoms with E-state index in [0.717, 1.165) is 11.8 Å². The number of thiocarbonyl (C=S) groups is 1. The lowest BCUT2D eigenvalue weighted by Crippen LogP contribution is -2.27. The molecule has 1 saturated heterocycles. The first-order valence-corrected chi connectivity index (χ1v) is 8.05. The number of anilines is 1. The number of amides is 1. The van der Waals surface area contributed by atoms with Crippen LogP contribution < -0.4 is 4.90 Å². The second-order valence-electron chi connectivity index (χ2n) is 4.93. The number of halogens is 1. The van der Waals surface area contributed by atoms with Crippen LogP contribution in [0.15, 0.2) is 53.4 Å². The maximum Gasteiger partial charge on any atom is 0.335 e. The van der Waals surface area contributed by atoms with Gasteiger partial charge in [-0.2, -0.15) is 0 Å². The summed E-state index contributed by atoms with van der Waals surface area (Å²) in [5.41, 5.74) is 1.07. The van der Waals surface area contributed by atoms with Crippen molar-refractivity contribution in [1.82, 2.24) is 0 Å². The predicted molar refractivity (Wildman–Crippen MR) is 95.5 cm³/mol. The SMILES string of the molecule is O=C(O)c1cccc(/C=C2/SC(=S)N(c3cccc(F)c3)C2=O)c1. The number of hydrogen-bond acceptors (Lipinski definition) is 4. The summed E-state index contributed by atoms with van der Waals surface area (Å²) in [6.45, 7) is 0. The molecule has 1 N–H and O–H groups in total. The van der Waals surface area contributed by atoms with Crippen LogP contribution in [0.1, 0.15) is 15.9 Å². The van der Waals surface area contributed by atoms with E-state index in [1.807, 2.05) is 0 Å². The molecule has 1 fully saturated rings. The van der Waals surface area contributed by atoms with Gasteiger partial charge in [0.2, 0.25) is 0 Å². The molecule has 0 saturated carbocycles. The van der Waals surface area contributed by atoms with Gasteiger partial charge in [-0.05, 0) is 42.0 Å². The van der Waals surface area contributed by atoms with Crippen molar-refractivity contribution < 1.29 is 19.1 Å². The van der Waals surface area contributed by atoms with Gasteiger partial charge < -0.3 is 5.11 Å². The summed E-state index contributed by atoms with van der Waals surface area (Å²) in [5.74, 6) is -1.87. The Balaban J connectivity index is 1.94. The van der Waals surface area contributed by atoms with E-state index in [0.29, 0.717) is 20.5 Å². The molecule has 24 heavy (non-hydrogen) atoms. The molecule has 1 amide bonds. The van der Waals surface area contributed by atoms with Gasteiger partial charge >= 0.3 is 5.97 Å². The molecule has 1 heterocycles. The molecule has 1 aliphatic rings. The Morgan fingerprint density at radius 1 is 1.21 bits per heavy atom. The molecular weight excluding hydrogens is 349 g/mol. The number of benzene rings is 2. The average Bonchev–Trinajstić information content (AvgIpc) is 2.81. The molecule has 0 spiro atoms. The average molecular weight is 359 g/mol. The number of hydrogen-bond donors (Lipinski definition) is 1. The minimum Gasteiger partial charge on any atom is -0.478 e. The molecule has 0 atom stereocenters. The summed E-state index contributed by atoms with van der Waals surface area (Å²) in [7, 11) is 0. The van der Waals surface area contributed by atoms with Gasteiger partial charge in [0.15, 0.2) is 4.32 Å². The number of carboxylic acid groups (broad SMARTS) is 1. The number of carbonyl (C=O) groups is 2. The zero-order valence-corrected chi connectivity index (χ0v) is 13.7. The molecule has 1 aliphatic heterocycles. The van der Waals surface area contributed by atoms with Crippen molar-refractivity contribution in [1.29, 1.82) is 0 Å². The van der Waals surface area contributed by atoms with Gasteiger partial charge in [-0.3, -0.25) is 9.69 Å². The van der Waals surface area contributed by atoms with Crippen LogP contribution in [0.5, 0.6) is 0 Å². The first kappa shape index (κ1) is 16.4. The van der Waals surface area contributed by atoms with Crippen molar-refractivity contribution >= 4 is 51.9 Å². The second-order valence-corrected chi connectivity index (χ2v) is 6.60. The van der Waals surface area contributed by atoms with Crippen LogP contribution in [0, 0.1) is 5.82 Å². The van der Waals surface area contributed by atoms with E-state index in [9.17, 15) is 14.0 Å². The fraction of sp³-hybridized carbons (Fsp3) is 0. The zero-order chi connectivity index (χ0) is 17.3. The highest BCUT2D eigenvalue weighted by Crippen LogP contribution is 2.36. The van der Waals surface area contributed by atoms with Gasteiger partial charge in [-0.1, -0.05) is 42.2 Å². The van der Waals surface area contributed by atoms with Crippen LogP contribution in [-0.4, -0.2) is 21.3 Å². The Kier molecular flexibility index (Phi) is 4.46. The summed E-state index contributed by atoms with van der Waals surface area (Å²) in [6, 6.07) is 11.9. The lowest BCUT2D eigenvalue weighted by Gasteiger charge is -2.14.